The van der Waals surface area contributed by atoms with E-state index in [9.17, 15) is 0 Å². The van der Waals surface area contributed by atoms with Crippen LogP contribution in [0.5, 0.6) is 5.75 Å². The van der Waals surface area contributed by atoms with E-state index in [-0.39, 0.29) is 5.96 Å². The van der Waals surface area contributed by atoms with Crippen molar-refractivity contribution in [2.24, 2.45) is 16.5 Å². The summed E-state index contributed by atoms with van der Waals surface area (Å²) in [5, 5.41) is 0. The molecule has 4 nitrogen and oxygen atoms in total. The highest BCUT2D eigenvalue weighted by molar-refractivity contribution is 5.75. The number of para-hydroxylation sites is 1. The number of nitrogens with two attached hydrogens (primary N) is 2. The molecule has 14 heavy (non-hydrogen) atoms. The van der Waals surface area contributed by atoms with E-state index in [4.69, 9.17) is 16.2 Å². The molecule has 0 amide bonds. The number of aliphatic imine (C=N–C) groups is 1. The number of benzene rings is 1. The van der Waals surface area contributed by atoms with Crippen LogP contribution in [0.3, 0.4) is 0 Å². The van der Waals surface area contributed by atoms with Crippen LogP contribution in [-0.2, 0) is 6.42 Å². The Morgan fingerprint density at radius 2 is 2.07 bits per heavy atom. The van der Waals surface area contributed by atoms with Gasteiger partial charge in [-0.2, -0.15) is 0 Å². The lowest BCUT2D eigenvalue weighted by Gasteiger charge is -2.05. The Morgan fingerprint density at radius 3 is 2.71 bits per heavy atom. The Bertz CT molecular complexity index is 319. The first kappa shape index (κ1) is 10.4. The van der Waals surface area contributed by atoms with Crippen molar-refractivity contribution < 1.29 is 4.74 Å². The fourth-order valence-electron chi connectivity index (χ4n) is 1.21. The Balaban J connectivity index is 2.62. The zero-order valence-corrected chi connectivity index (χ0v) is 8.23. The molecule has 0 saturated heterocycles. The molecular formula is C10H15N3O. The second-order valence-corrected chi connectivity index (χ2v) is 2.87. The summed E-state index contributed by atoms with van der Waals surface area (Å²) in [5.41, 5.74) is 11.6. The van der Waals surface area contributed by atoms with Gasteiger partial charge in [-0.1, -0.05) is 18.2 Å². The van der Waals surface area contributed by atoms with Crippen LogP contribution in [-0.4, -0.2) is 19.6 Å². The van der Waals surface area contributed by atoms with E-state index in [2.05, 4.69) is 4.99 Å². The van der Waals surface area contributed by atoms with Crippen molar-refractivity contribution in [3.63, 3.8) is 0 Å². The second kappa shape index (κ2) is 5.11. The summed E-state index contributed by atoms with van der Waals surface area (Å²) in [5.74, 6) is 0.998. The molecule has 0 aliphatic carbocycles. The summed E-state index contributed by atoms with van der Waals surface area (Å²) >= 11 is 0. The molecule has 1 aromatic carbocycles. The molecule has 0 heterocycles. The fourth-order valence-corrected chi connectivity index (χ4v) is 1.21. The van der Waals surface area contributed by atoms with Crippen LogP contribution in [0.25, 0.3) is 0 Å². The van der Waals surface area contributed by atoms with Crippen LogP contribution < -0.4 is 16.2 Å². The number of ether oxygens (including phenoxy) is 1. The molecule has 0 radical (unpaired) electrons. The van der Waals surface area contributed by atoms with Crippen molar-refractivity contribution in [2.45, 2.75) is 6.42 Å². The molecule has 0 spiro atoms. The smallest absolute Gasteiger partial charge is 0.185 e. The minimum Gasteiger partial charge on any atom is -0.496 e. The monoisotopic (exact) mass is 193 g/mol. The van der Waals surface area contributed by atoms with Crippen LogP contribution in [0.15, 0.2) is 29.3 Å². The van der Waals surface area contributed by atoms with Gasteiger partial charge in [0.05, 0.1) is 7.11 Å². The summed E-state index contributed by atoms with van der Waals surface area (Å²) in [6.45, 7) is 0.586. The third kappa shape index (κ3) is 2.97. The van der Waals surface area contributed by atoms with E-state index >= 15 is 0 Å². The summed E-state index contributed by atoms with van der Waals surface area (Å²) in [4.78, 5) is 3.91. The largest absolute Gasteiger partial charge is 0.496 e. The summed E-state index contributed by atoms with van der Waals surface area (Å²) in [6, 6.07) is 7.82. The summed E-state index contributed by atoms with van der Waals surface area (Å²) in [7, 11) is 1.65. The van der Waals surface area contributed by atoms with Crippen molar-refractivity contribution in [2.75, 3.05) is 13.7 Å². The van der Waals surface area contributed by atoms with Gasteiger partial charge in [-0.3, -0.25) is 4.99 Å². The lowest BCUT2D eigenvalue weighted by Crippen LogP contribution is -2.23. The van der Waals surface area contributed by atoms with E-state index in [0.717, 1.165) is 17.7 Å². The number of hydrogen-bond acceptors (Lipinski definition) is 2. The van der Waals surface area contributed by atoms with Gasteiger partial charge in [0.1, 0.15) is 5.75 Å². The van der Waals surface area contributed by atoms with Gasteiger partial charge in [0, 0.05) is 6.54 Å². The van der Waals surface area contributed by atoms with Crippen LogP contribution in [0.2, 0.25) is 0 Å². The molecule has 0 saturated carbocycles. The van der Waals surface area contributed by atoms with Crippen molar-refractivity contribution in [3.05, 3.63) is 29.8 Å². The first-order chi connectivity index (χ1) is 6.74. The van der Waals surface area contributed by atoms with E-state index < -0.39 is 0 Å². The number of rotatable bonds is 4. The SMILES string of the molecule is COc1ccccc1CCN=C(N)N. The standard InChI is InChI=1S/C10H15N3O/c1-14-9-5-3-2-4-8(9)6-7-13-10(11)12/h2-5H,6-7H2,1H3,(H4,11,12,13). The van der Waals surface area contributed by atoms with Crippen molar-refractivity contribution in [1.82, 2.24) is 0 Å². The van der Waals surface area contributed by atoms with Crippen LogP contribution in [0, 0.1) is 0 Å². The first-order valence-corrected chi connectivity index (χ1v) is 4.41. The fraction of sp³-hybridized carbons (Fsp3) is 0.300. The third-order valence-electron chi connectivity index (χ3n) is 1.87. The highest BCUT2D eigenvalue weighted by Gasteiger charge is 1.99. The predicted molar refractivity (Wildman–Crippen MR) is 57.4 cm³/mol. The number of methoxy groups -OCH3 is 1. The van der Waals surface area contributed by atoms with E-state index in [1.165, 1.54) is 0 Å². The molecule has 4 N–H and O–H groups in total. The van der Waals surface area contributed by atoms with Crippen LogP contribution in [0.4, 0.5) is 0 Å². The third-order valence-corrected chi connectivity index (χ3v) is 1.87. The van der Waals surface area contributed by atoms with Gasteiger partial charge in [0.25, 0.3) is 0 Å². The van der Waals surface area contributed by atoms with Gasteiger partial charge in [-0.25, -0.2) is 0 Å². The zero-order valence-electron chi connectivity index (χ0n) is 8.23. The Morgan fingerprint density at radius 1 is 1.36 bits per heavy atom. The van der Waals surface area contributed by atoms with E-state index in [0.29, 0.717) is 6.54 Å². The first-order valence-electron chi connectivity index (χ1n) is 4.41. The Hall–Kier alpha value is -1.71. The molecule has 0 unspecified atom stereocenters. The molecule has 0 bridgehead atoms. The maximum atomic E-state index is 5.22. The quantitative estimate of drug-likeness (QED) is 0.540. The molecule has 0 fully saturated rings. The normalized spacial score (nSPS) is 9.50. The van der Waals surface area contributed by atoms with Gasteiger partial charge in [-0.15, -0.1) is 0 Å². The highest BCUT2D eigenvalue weighted by Crippen LogP contribution is 2.17. The number of hydrogen-bond donors (Lipinski definition) is 2. The topological polar surface area (TPSA) is 73.6 Å². The van der Waals surface area contributed by atoms with Crippen LogP contribution in [0.1, 0.15) is 5.56 Å². The van der Waals surface area contributed by atoms with Crippen molar-refractivity contribution in [1.29, 1.82) is 0 Å². The molecular weight excluding hydrogens is 178 g/mol. The van der Waals surface area contributed by atoms with Gasteiger partial charge < -0.3 is 16.2 Å². The lowest BCUT2D eigenvalue weighted by molar-refractivity contribution is 0.410. The zero-order chi connectivity index (χ0) is 10.4. The predicted octanol–water partition coefficient (Wildman–Crippen LogP) is 0.511. The average Bonchev–Trinajstić information content (AvgIpc) is 2.18. The van der Waals surface area contributed by atoms with Gasteiger partial charge in [0.15, 0.2) is 5.96 Å². The van der Waals surface area contributed by atoms with E-state index in [1.54, 1.807) is 7.11 Å². The molecule has 1 rings (SSSR count). The molecule has 0 aliphatic heterocycles. The maximum Gasteiger partial charge on any atom is 0.185 e. The molecule has 0 aliphatic rings. The highest BCUT2D eigenvalue weighted by atomic mass is 16.5. The maximum absolute atomic E-state index is 5.22. The second-order valence-electron chi connectivity index (χ2n) is 2.87. The summed E-state index contributed by atoms with van der Waals surface area (Å²) < 4.78 is 5.19. The minimum atomic E-state index is 0.125. The molecule has 0 aromatic heterocycles. The van der Waals surface area contributed by atoms with E-state index in [1.807, 2.05) is 24.3 Å². The van der Waals surface area contributed by atoms with Crippen molar-refractivity contribution in [3.8, 4) is 5.75 Å². The summed E-state index contributed by atoms with van der Waals surface area (Å²) in [6.07, 6.45) is 0.780. The number of guanidine groups is 1. The number of nitrogens with zero attached hydrogens (tertiary/aromatic N) is 1. The van der Waals surface area contributed by atoms with Gasteiger partial charge in [0.2, 0.25) is 0 Å². The average molecular weight is 193 g/mol. The Labute approximate surface area is 83.6 Å². The molecule has 4 heteroatoms. The van der Waals surface area contributed by atoms with Crippen molar-refractivity contribution >= 4 is 5.96 Å². The Kier molecular flexibility index (Phi) is 3.79. The molecule has 76 valence electrons. The molecule has 0 atom stereocenters. The van der Waals surface area contributed by atoms with Gasteiger partial charge in [-0.05, 0) is 18.1 Å². The lowest BCUT2D eigenvalue weighted by atomic mass is 10.1. The minimum absolute atomic E-state index is 0.125. The molecule has 1 aromatic rings. The van der Waals surface area contributed by atoms with Gasteiger partial charge >= 0.3 is 0 Å². The van der Waals surface area contributed by atoms with Crippen LogP contribution >= 0.6 is 0 Å².